The first kappa shape index (κ1) is 9.55. The average molecular weight is 236 g/mol. The second kappa shape index (κ2) is 3.51. The zero-order valence-corrected chi connectivity index (χ0v) is 10.3. The molecule has 1 aliphatic rings. The molecule has 0 aliphatic carbocycles. The van der Waals surface area contributed by atoms with Crippen molar-refractivity contribution in [3.8, 4) is 0 Å². The Kier molecular flexibility index (Phi) is 1.97. The molecule has 0 atom stereocenters. The van der Waals surface area contributed by atoms with Crippen molar-refractivity contribution in [2.24, 2.45) is 0 Å². The van der Waals surface area contributed by atoms with Crippen molar-refractivity contribution < 1.29 is 0 Å². The van der Waals surface area contributed by atoms with Crippen LogP contribution in [-0.4, -0.2) is 0 Å². The number of rotatable bonds is 0. The predicted octanol–water partition coefficient (Wildman–Crippen LogP) is 4.74. The Morgan fingerprint density at radius 3 is 1.47 bits per heavy atom. The molecule has 17 heavy (non-hydrogen) atoms. The lowest BCUT2D eigenvalue weighted by molar-refractivity contribution is 1.42. The summed E-state index contributed by atoms with van der Waals surface area (Å²) in [6, 6.07) is 17.6. The Balaban J connectivity index is 2.34. The van der Waals surface area contributed by atoms with Crippen LogP contribution in [0.2, 0.25) is 0 Å². The Labute approximate surface area is 105 Å². The Bertz CT molecular complexity index is 665. The van der Waals surface area contributed by atoms with Crippen LogP contribution in [0, 0.1) is 0 Å². The molecule has 0 saturated carbocycles. The molecule has 0 amide bonds. The molecular formula is C16H12S. The van der Waals surface area contributed by atoms with E-state index in [0.29, 0.717) is 0 Å². The van der Waals surface area contributed by atoms with Crippen LogP contribution in [0.25, 0.3) is 21.5 Å². The van der Waals surface area contributed by atoms with Crippen molar-refractivity contribution in [1.82, 2.24) is 0 Å². The summed E-state index contributed by atoms with van der Waals surface area (Å²) < 4.78 is 0. The molecule has 0 nitrogen and oxygen atoms in total. The molecule has 1 heterocycles. The van der Waals surface area contributed by atoms with Crippen molar-refractivity contribution in [3.63, 3.8) is 0 Å². The van der Waals surface area contributed by atoms with Crippen LogP contribution in [0.15, 0.2) is 48.5 Å². The fraction of sp³-hybridized carbons (Fsp3) is 0.125. The second-order valence-electron chi connectivity index (χ2n) is 4.54. The highest BCUT2D eigenvalue weighted by Crippen LogP contribution is 2.41. The summed E-state index contributed by atoms with van der Waals surface area (Å²) in [5.41, 5.74) is 3.12. The van der Waals surface area contributed by atoms with Crippen LogP contribution in [0.5, 0.6) is 0 Å². The van der Waals surface area contributed by atoms with Gasteiger partial charge in [0.1, 0.15) is 0 Å². The summed E-state index contributed by atoms with van der Waals surface area (Å²) in [7, 11) is 0. The average Bonchev–Trinajstić information content (AvgIpc) is 2.89. The van der Waals surface area contributed by atoms with E-state index in [9.17, 15) is 0 Å². The van der Waals surface area contributed by atoms with Gasteiger partial charge in [0.05, 0.1) is 0 Å². The molecule has 0 fully saturated rings. The first-order valence-electron chi connectivity index (χ1n) is 5.94. The maximum Gasteiger partial charge on any atom is 0.0197 e. The lowest BCUT2D eigenvalue weighted by atomic mass is 9.93. The maximum atomic E-state index is 2.27. The van der Waals surface area contributed by atoms with Gasteiger partial charge in [-0.1, -0.05) is 48.5 Å². The Hall–Kier alpha value is -1.47. The fourth-order valence-corrected chi connectivity index (χ4v) is 4.04. The largest absolute Gasteiger partial charge is 0.152 e. The molecule has 0 aromatic heterocycles. The minimum Gasteiger partial charge on any atom is -0.152 e. The smallest absolute Gasteiger partial charge is 0.0197 e. The minimum absolute atomic E-state index is 1.17. The first-order chi connectivity index (χ1) is 8.45. The maximum absolute atomic E-state index is 2.27. The van der Waals surface area contributed by atoms with Crippen LogP contribution in [-0.2, 0) is 11.5 Å². The van der Waals surface area contributed by atoms with E-state index in [-0.39, 0.29) is 0 Å². The molecule has 82 valence electrons. The Morgan fingerprint density at radius 1 is 0.588 bits per heavy atom. The zero-order valence-electron chi connectivity index (χ0n) is 9.44. The number of benzene rings is 3. The molecular weight excluding hydrogens is 224 g/mol. The number of hydrogen-bond acceptors (Lipinski definition) is 1. The van der Waals surface area contributed by atoms with Crippen LogP contribution in [0.1, 0.15) is 11.1 Å². The van der Waals surface area contributed by atoms with Crippen LogP contribution < -0.4 is 0 Å². The third-order valence-corrected chi connectivity index (χ3v) is 4.64. The van der Waals surface area contributed by atoms with Gasteiger partial charge in [0.15, 0.2) is 0 Å². The van der Waals surface area contributed by atoms with Crippen LogP contribution in [0.3, 0.4) is 0 Å². The summed E-state index contributed by atoms with van der Waals surface area (Å²) in [4.78, 5) is 0. The van der Waals surface area contributed by atoms with E-state index in [2.05, 4.69) is 48.5 Å². The third-order valence-electron chi connectivity index (χ3n) is 3.65. The van der Waals surface area contributed by atoms with E-state index in [1.54, 1.807) is 11.1 Å². The van der Waals surface area contributed by atoms with E-state index in [4.69, 9.17) is 0 Å². The van der Waals surface area contributed by atoms with E-state index in [1.807, 2.05) is 11.8 Å². The third kappa shape index (κ3) is 1.26. The van der Waals surface area contributed by atoms with Gasteiger partial charge in [0.25, 0.3) is 0 Å². The van der Waals surface area contributed by atoms with Gasteiger partial charge in [-0.05, 0) is 32.7 Å². The molecule has 1 aliphatic heterocycles. The highest BCUT2D eigenvalue weighted by Gasteiger charge is 2.18. The predicted molar refractivity (Wildman–Crippen MR) is 76.5 cm³/mol. The molecule has 3 aromatic carbocycles. The highest BCUT2D eigenvalue weighted by molar-refractivity contribution is 7.98. The molecule has 4 rings (SSSR count). The van der Waals surface area contributed by atoms with Gasteiger partial charge in [-0.25, -0.2) is 0 Å². The summed E-state index contributed by atoms with van der Waals surface area (Å²) in [5.74, 6) is 2.33. The Morgan fingerprint density at radius 2 is 1.00 bits per heavy atom. The highest BCUT2D eigenvalue weighted by atomic mass is 32.2. The molecule has 0 spiro atoms. The second-order valence-corrected chi connectivity index (χ2v) is 5.53. The van der Waals surface area contributed by atoms with Crippen molar-refractivity contribution >= 4 is 33.3 Å². The van der Waals surface area contributed by atoms with E-state index in [0.717, 1.165) is 0 Å². The standard InChI is InChI=1S/C16H12S/c1-3-7-13-11(5-1)12-6-2-4-8-14(12)16-10-17-9-15(13)16/h1-8H,9-10H2. The van der Waals surface area contributed by atoms with E-state index < -0.39 is 0 Å². The van der Waals surface area contributed by atoms with Gasteiger partial charge in [0, 0.05) is 11.5 Å². The number of thioether (sulfide) groups is 1. The van der Waals surface area contributed by atoms with Gasteiger partial charge < -0.3 is 0 Å². The van der Waals surface area contributed by atoms with Gasteiger partial charge in [0.2, 0.25) is 0 Å². The summed E-state index contributed by atoms with van der Waals surface area (Å²) >= 11 is 2.03. The summed E-state index contributed by atoms with van der Waals surface area (Å²) in [6.45, 7) is 0. The molecule has 0 bridgehead atoms. The molecule has 0 saturated heterocycles. The van der Waals surface area contributed by atoms with E-state index in [1.165, 1.54) is 33.1 Å². The summed E-state index contributed by atoms with van der Waals surface area (Å²) in [5, 5.41) is 5.71. The van der Waals surface area contributed by atoms with Crippen molar-refractivity contribution in [3.05, 3.63) is 59.7 Å². The molecule has 1 heteroatoms. The lowest BCUT2D eigenvalue weighted by Gasteiger charge is -2.10. The van der Waals surface area contributed by atoms with Crippen LogP contribution in [0.4, 0.5) is 0 Å². The zero-order chi connectivity index (χ0) is 11.2. The fourth-order valence-electron chi connectivity index (χ4n) is 2.87. The van der Waals surface area contributed by atoms with Gasteiger partial charge in [-0.2, -0.15) is 11.8 Å². The van der Waals surface area contributed by atoms with Crippen LogP contribution >= 0.6 is 11.8 Å². The quantitative estimate of drug-likeness (QED) is 0.508. The van der Waals surface area contributed by atoms with Crippen molar-refractivity contribution in [2.45, 2.75) is 11.5 Å². The van der Waals surface area contributed by atoms with Crippen molar-refractivity contribution in [1.29, 1.82) is 0 Å². The summed E-state index contributed by atoms with van der Waals surface area (Å²) in [6.07, 6.45) is 0. The molecule has 3 aromatic rings. The van der Waals surface area contributed by atoms with Gasteiger partial charge >= 0.3 is 0 Å². The van der Waals surface area contributed by atoms with Gasteiger partial charge in [-0.3, -0.25) is 0 Å². The molecule has 0 unspecified atom stereocenters. The minimum atomic E-state index is 1.17. The van der Waals surface area contributed by atoms with Crippen molar-refractivity contribution in [2.75, 3.05) is 0 Å². The SMILES string of the molecule is c1ccc2c(c1)c1c(c3ccccc32)CSC1. The molecule has 0 N–H and O–H groups in total. The molecule has 0 radical (unpaired) electrons. The van der Waals surface area contributed by atoms with E-state index >= 15 is 0 Å². The number of hydrogen-bond donors (Lipinski definition) is 0. The monoisotopic (exact) mass is 236 g/mol. The lowest BCUT2D eigenvalue weighted by Crippen LogP contribution is -1.88. The number of fused-ring (bicyclic) bond motifs is 6. The normalized spacial score (nSPS) is 14.4. The van der Waals surface area contributed by atoms with Gasteiger partial charge in [-0.15, -0.1) is 0 Å². The topological polar surface area (TPSA) is 0 Å². The first-order valence-corrected chi connectivity index (χ1v) is 7.09.